The van der Waals surface area contributed by atoms with E-state index in [0.29, 0.717) is 6.54 Å². The summed E-state index contributed by atoms with van der Waals surface area (Å²) in [4.78, 5) is 14.7. The van der Waals surface area contributed by atoms with Crippen LogP contribution in [0.5, 0.6) is 0 Å². The van der Waals surface area contributed by atoms with Gasteiger partial charge in [0.05, 0.1) is 6.04 Å². The largest absolute Gasteiger partial charge is 0.334 e. The van der Waals surface area contributed by atoms with Gasteiger partial charge in [-0.1, -0.05) is 66.9 Å². The van der Waals surface area contributed by atoms with Crippen LogP contribution >= 0.6 is 11.6 Å². The third-order valence-corrected chi connectivity index (χ3v) is 4.81. The van der Waals surface area contributed by atoms with Crippen LogP contribution in [0.1, 0.15) is 42.9 Å². The Morgan fingerprint density at radius 3 is 2.54 bits per heavy atom. The molecule has 2 aromatic rings. The fourth-order valence-corrected chi connectivity index (χ4v) is 3.38. The highest BCUT2D eigenvalue weighted by Crippen LogP contribution is 2.30. The highest BCUT2D eigenvalue weighted by molar-refractivity contribution is 6.30. The summed E-state index contributed by atoms with van der Waals surface area (Å²) < 4.78 is 0. The SMILES string of the molecule is O=C(NCc1ccccc1)N1CCCCC[C@@H]1c1ccc(Cl)cc1. The summed E-state index contributed by atoms with van der Waals surface area (Å²) in [5.74, 6) is 0. The van der Waals surface area contributed by atoms with Crippen LogP contribution in [0.3, 0.4) is 0 Å². The molecule has 0 radical (unpaired) electrons. The first-order valence-electron chi connectivity index (χ1n) is 8.58. The molecule has 3 rings (SSSR count). The van der Waals surface area contributed by atoms with E-state index >= 15 is 0 Å². The second-order valence-corrected chi connectivity index (χ2v) is 6.69. The van der Waals surface area contributed by atoms with Gasteiger partial charge in [-0.05, 0) is 36.1 Å². The van der Waals surface area contributed by atoms with E-state index in [9.17, 15) is 4.79 Å². The number of hydrogen-bond acceptors (Lipinski definition) is 1. The van der Waals surface area contributed by atoms with Crippen LogP contribution in [0.4, 0.5) is 4.79 Å². The van der Waals surface area contributed by atoms with Gasteiger partial charge in [0.2, 0.25) is 0 Å². The first kappa shape index (κ1) is 16.8. The van der Waals surface area contributed by atoms with Gasteiger partial charge >= 0.3 is 6.03 Å². The van der Waals surface area contributed by atoms with Gasteiger partial charge in [0.15, 0.2) is 0 Å². The van der Waals surface area contributed by atoms with E-state index in [0.717, 1.165) is 42.0 Å². The fourth-order valence-electron chi connectivity index (χ4n) is 3.26. The molecule has 24 heavy (non-hydrogen) atoms. The average Bonchev–Trinajstić information content (AvgIpc) is 2.87. The minimum Gasteiger partial charge on any atom is -0.334 e. The van der Waals surface area contributed by atoms with Crippen LogP contribution in [-0.4, -0.2) is 17.5 Å². The summed E-state index contributed by atoms with van der Waals surface area (Å²) in [5, 5.41) is 3.80. The minimum atomic E-state index is 0.0145. The lowest BCUT2D eigenvalue weighted by Gasteiger charge is -2.30. The predicted octanol–water partition coefficient (Wildman–Crippen LogP) is 5.17. The number of hydrogen-bond donors (Lipinski definition) is 1. The van der Waals surface area contributed by atoms with E-state index in [-0.39, 0.29) is 12.1 Å². The molecule has 1 heterocycles. The van der Waals surface area contributed by atoms with Gasteiger partial charge in [-0.25, -0.2) is 4.79 Å². The summed E-state index contributed by atoms with van der Waals surface area (Å²) in [6.45, 7) is 1.36. The van der Waals surface area contributed by atoms with Crippen molar-refractivity contribution in [2.45, 2.75) is 38.3 Å². The lowest BCUT2D eigenvalue weighted by atomic mass is 10.0. The maximum Gasteiger partial charge on any atom is 0.318 e. The first-order valence-corrected chi connectivity index (χ1v) is 8.96. The molecule has 4 heteroatoms. The average molecular weight is 343 g/mol. The number of carbonyl (C=O) groups excluding carboxylic acids is 1. The van der Waals surface area contributed by atoms with Gasteiger partial charge in [-0.2, -0.15) is 0 Å². The number of rotatable bonds is 3. The van der Waals surface area contributed by atoms with E-state index in [2.05, 4.69) is 5.32 Å². The molecule has 1 fully saturated rings. The van der Waals surface area contributed by atoms with Gasteiger partial charge < -0.3 is 10.2 Å². The Labute approximate surface area is 148 Å². The normalized spacial score (nSPS) is 18.0. The van der Waals surface area contributed by atoms with E-state index in [1.165, 1.54) is 6.42 Å². The second-order valence-electron chi connectivity index (χ2n) is 6.25. The molecule has 1 aliphatic heterocycles. The number of urea groups is 1. The molecular weight excluding hydrogens is 320 g/mol. The van der Waals surface area contributed by atoms with E-state index < -0.39 is 0 Å². The molecule has 1 saturated heterocycles. The molecule has 0 aliphatic carbocycles. The summed E-state index contributed by atoms with van der Waals surface area (Å²) in [6.07, 6.45) is 4.38. The number of nitrogens with zero attached hydrogens (tertiary/aromatic N) is 1. The summed E-state index contributed by atoms with van der Waals surface area (Å²) in [5.41, 5.74) is 2.28. The van der Waals surface area contributed by atoms with Crippen molar-refractivity contribution in [1.29, 1.82) is 0 Å². The minimum absolute atomic E-state index is 0.0145. The summed E-state index contributed by atoms with van der Waals surface area (Å²) in [6, 6.07) is 18.0. The second kappa shape index (κ2) is 8.20. The van der Waals surface area contributed by atoms with E-state index in [1.807, 2.05) is 59.5 Å². The van der Waals surface area contributed by atoms with Crippen LogP contribution in [0, 0.1) is 0 Å². The van der Waals surface area contributed by atoms with Crippen molar-refractivity contribution in [2.75, 3.05) is 6.54 Å². The van der Waals surface area contributed by atoms with Crippen molar-refractivity contribution >= 4 is 17.6 Å². The monoisotopic (exact) mass is 342 g/mol. The molecule has 2 aromatic carbocycles. The molecule has 0 spiro atoms. The Kier molecular flexibility index (Phi) is 5.76. The molecule has 126 valence electrons. The maximum absolute atomic E-state index is 12.8. The van der Waals surface area contributed by atoms with Crippen LogP contribution < -0.4 is 5.32 Å². The van der Waals surface area contributed by atoms with Crippen molar-refractivity contribution in [2.24, 2.45) is 0 Å². The van der Waals surface area contributed by atoms with Crippen molar-refractivity contribution in [3.63, 3.8) is 0 Å². The van der Waals surface area contributed by atoms with Crippen LogP contribution in [-0.2, 0) is 6.54 Å². The number of benzene rings is 2. The Morgan fingerprint density at radius 2 is 1.79 bits per heavy atom. The number of likely N-dealkylation sites (tertiary alicyclic amines) is 1. The summed E-state index contributed by atoms with van der Waals surface area (Å²) in [7, 11) is 0. The van der Waals surface area contributed by atoms with Crippen LogP contribution in [0.15, 0.2) is 54.6 Å². The molecule has 2 amide bonds. The van der Waals surface area contributed by atoms with Crippen molar-refractivity contribution in [3.8, 4) is 0 Å². The molecule has 1 atom stereocenters. The summed E-state index contributed by atoms with van der Waals surface area (Å²) >= 11 is 6.01. The Hall–Kier alpha value is -2.00. The highest BCUT2D eigenvalue weighted by Gasteiger charge is 2.26. The third-order valence-electron chi connectivity index (χ3n) is 4.56. The topological polar surface area (TPSA) is 32.3 Å². The Balaban J connectivity index is 1.71. The highest BCUT2D eigenvalue weighted by atomic mass is 35.5. The fraction of sp³-hybridized carbons (Fsp3) is 0.350. The zero-order chi connectivity index (χ0) is 16.8. The van der Waals surface area contributed by atoms with E-state index in [4.69, 9.17) is 11.6 Å². The van der Waals surface area contributed by atoms with Gasteiger partial charge in [0.25, 0.3) is 0 Å². The molecule has 1 aliphatic rings. The molecule has 0 bridgehead atoms. The van der Waals surface area contributed by atoms with E-state index in [1.54, 1.807) is 0 Å². The third kappa shape index (κ3) is 4.30. The Bertz CT molecular complexity index is 657. The quantitative estimate of drug-likeness (QED) is 0.820. The van der Waals surface area contributed by atoms with Crippen molar-refractivity contribution in [1.82, 2.24) is 10.2 Å². The standard InChI is InChI=1S/C20H23ClN2O/c21-18-12-10-17(11-13-18)19-9-5-2-6-14-23(19)20(24)22-15-16-7-3-1-4-8-16/h1,3-4,7-8,10-13,19H,2,5-6,9,14-15H2,(H,22,24)/t19-/m1/s1. The number of carbonyl (C=O) groups is 1. The Morgan fingerprint density at radius 1 is 1.04 bits per heavy atom. The van der Waals surface area contributed by atoms with Crippen LogP contribution in [0.25, 0.3) is 0 Å². The molecule has 0 aromatic heterocycles. The van der Waals surface area contributed by atoms with Crippen molar-refractivity contribution < 1.29 is 4.79 Å². The molecular formula is C20H23ClN2O. The predicted molar refractivity (Wildman–Crippen MR) is 98.0 cm³/mol. The number of amides is 2. The molecule has 0 saturated carbocycles. The van der Waals surface area contributed by atoms with Crippen LogP contribution in [0.2, 0.25) is 5.02 Å². The lowest BCUT2D eigenvalue weighted by Crippen LogP contribution is -2.41. The lowest BCUT2D eigenvalue weighted by molar-refractivity contribution is 0.175. The first-order chi connectivity index (χ1) is 11.7. The van der Waals surface area contributed by atoms with Gasteiger partial charge in [-0.15, -0.1) is 0 Å². The molecule has 1 N–H and O–H groups in total. The molecule has 0 unspecified atom stereocenters. The number of nitrogens with one attached hydrogen (secondary N) is 1. The zero-order valence-electron chi connectivity index (χ0n) is 13.7. The smallest absolute Gasteiger partial charge is 0.318 e. The van der Waals surface area contributed by atoms with Gasteiger partial charge in [0, 0.05) is 18.1 Å². The zero-order valence-corrected chi connectivity index (χ0v) is 14.5. The van der Waals surface area contributed by atoms with Gasteiger partial charge in [0.1, 0.15) is 0 Å². The maximum atomic E-state index is 12.8. The van der Waals surface area contributed by atoms with Crippen molar-refractivity contribution in [3.05, 3.63) is 70.7 Å². The molecule has 3 nitrogen and oxygen atoms in total. The number of halogens is 1. The van der Waals surface area contributed by atoms with Gasteiger partial charge in [-0.3, -0.25) is 0 Å².